The standard InChI is InChI=1S/C32H35F4N3O/c1-5-27(31(37-4)32(34,35)36)29-18-24(19-39-13-12-38-21(39)3)17-26-16-22(7-10-28(26)29)14-23-8-11-30(33)25(15-23)9-6-20(2)40/h5,8,11-13,15,17-18,22,40H,2,6-7,9-10,14,16,19H2,1,3-4H3/b27-5-,37-31?. The fourth-order valence-electron chi connectivity index (χ4n) is 5.69. The van der Waals surface area contributed by atoms with E-state index in [0.29, 0.717) is 43.4 Å². The van der Waals surface area contributed by atoms with Crippen molar-refractivity contribution in [2.75, 3.05) is 7.05 Å². The van der Waals surface area contributed by atoms with Crippen molar-refractivity contribution in [1.29, 1.82) is 0 Å². The van der Waals surface area contributed by atoms with Crippen molar-refractivity contribution in [3.8, 4) is 0 Å². The van der Waals surface area contributed by atoms with Crippen molar-refractivity contribution in [3.05, 3.63) is 106 Å². The summed E-state index contributed by atoms with van der Waals surface area (Å²) in [6.45, 7) is 7.49. The van der Waals surface area contributed by atoms with Gasteiger partial charge in [0.25, 0.3) is 0 Å². The number of nitrogens with zero attached hydrogens (tertiary/aromatic N) is 3. The predicted molar refractivity (Wildman–Crippen MR) is 151 cm³/mol. The molecule has 1 aliphatic rings. The van der Waals surface area contributed by atoms with Gasteiger partial charge in [0.1, 0.15) is 17.4 Å². The molecule has 0 bridgehead atoms. The van der Waals surface area contributed by atoms with Crippen LogP contribution in [0.2, 0.25) is 0 Å². The van der Waals surface area contributed by atoms with Crippen LogP contribution in [0.4, 0.5) is 17.6 Å². The Hall–Kier alpha value is -3.68. The van der Waals surface area contributed by atoms with Crippen molar-refractivity contribution in [3.63, 3.8) is 0 Å². The normalized spacial score (nSPS) is 16.2. The van der Waals surface area contributed by atoms with Crippen LogP contribution in [-0.2, 0) is 32.2 Å². The summed E-state index contributed by atoms with van der Waals surface area (Å²) in [5, 5.41) is 9.42. The van der Waals surface area contributed by atoms with E-state index in [1.807, 2.05) is 29.8 Å². The lowest BCUT2D eigenvalue weighted by Crippen LogP contribution is -2.26. The zero-order valence-corrected chi connectivity index (χ0v) is 23.2. The van der Waals surface area contributed by atoms with Gasteiger partial charge in [0.05, 0.1) is 5.76 Å². The van der Waals surface area contributed by atoms with Crippen LogP contribution in [0.1, 0.15) is 59.0 Å². The number of alkyl halides is 3. The third-order valence-corrected chi connectivity index (χ3v) is 7.63. The Labute approximate surface area is 232 Å². The smallest absolute Gasteiger partial charge is 0.433 e. The van der Waals surface area contributed by atoms with Crippen molar-refractivity contribution in [2.45, 2.75) is 65.1 Å². The van der Waals surface area contributed by atoms with Gasteiger partial charge in [-0.15, -0.1) is 0 Å². The Balaban J connectivity index is 1.69. The number of fused-ring (bicyclic) bond motifs is 1. The molecular weight excluding hydrogens is 518 g/mol. The van der Waals surface area contributed by atoms with E-state index in [4.69, 9.17) is 0 Å². The maximum Gasteiger partial charge on any atom is 0.433 e. The van der Waals surface area contributed by atoms with Gasteiger partial charge in [-0.3, -0.25) is 4.99 Å². The molecule has 212 valence electrons. The Morgan fingerprint density at radius 3 is 2.62 bits per heavy atom. The molecule has 1 unspecified atom stereocenters. The number of aromatic nitrogens is 2. The topological polar surface area (TPSA) is 50.4 Å². The molecule has 1 atom stereocenters. The first-order chi connectivity index (χ1) is 19.0. The van der Waals surface area contributed by atoms with Crippen molar-refractivity contribution >= 4 is 11.3 Å². The van der Waals surface area contributed by atoms with Gasteiger partial charge in [0, 0.05) is 38.0 Å². The summed E-state index contributed by atoms with van der Waals surface area (Å²) < 4.78 is 58.2. The summed E-state index contributed by atoms with van der Waals surface area (Å²) in [7, 11) is 1.18. The average Bonchev–Trinajstić information content (AvgIpc) is 3.30. The summed E-state index contributed by atoms with van der Waals surface area (Å²) >= 11 is 0. The van der Waals surface area contributed by atoms with Crippen LogP contribution in [0.3, 0.4) is 0 Å². The van der Waals surface area contributed by atoms with E-state index < -0.39 is 11.9 Å². The van der Waals surface area contributed by atoms with Crippen LogP contribution in [-0.4, -0.2) is 33.6 Å². The second kappa shape index (κ2) is 12.2. The summed E-state index contributed by atoms with van der Waals surface area (Å²) in [6, 6.07) is 9.08. The molecule has 0 amide bonds. The second-order valence-electron chi connectivity index (χ2n) is 10.5. The minimum absolute atomic E-state index is 0.0217. The monoisotopic (exact) mass is 553 g/mol. The van der Waals surface area contributed by atoms with Crippen molar-refractivity contribution < 1.29 is 22.7 Å². The number of aryl methyl sites for hydroxylation is 2. The molecule has 1 N–H and O–H groups in total. The highest BCUT2D eigenvalue weighted by Crippen LogP contribution is 2.37. The first kappa shape index (κ1) is 29.3. The van der Waals surface area contributed by atoms with E-state index in [1.54, 1.807) is 19.2 Å². The zero-order valence-electron chi connectivity index (χ0n) is 23.2. The lowest BCUT2D eigenvalue weighted by molar-refractivity contribution is -0.0572. The van der Waals surface area contributed by atoms with Gasteiger partial charge in [-0.2, -0.15) is 13.2 Å². The fraction of sp³-hybridized carbons (Fsp3) is 0.375. The predicted octanol–water partition coefficient (Wildman–Crippen LogP) is 7.77. The highest BCUT2D eigenvalue weighted by atomic mass is 19.4. The number of aliphatic hydroxyl groups is 1. The van der Waals surface area contributed by atoms with Crippen molar-refractivity contribution in [2.24, 2.45) is 10.9 Å². The molecule has 8 heteroatoms. The third-order valence-electron chi connectivity index (χ3n) is 7.63. The number of benzene rings is 2. The molecule has 0 spiro atoms. The molecule has 1 heterocycles. The van der Waals surface area contributed by atoms with Crippen LogP contribution in [0.15, 0.2) is 66.1 Å². The molecule has 1 aromatic heterocycles. The summed E-state index contributed by atoms with van der Waals surface area (Å²) in [4.78, 5) is 7.92. The van der Waals surface area contributed by atoms with Crippen LogP contribution in [0.25, 0.3) is 5.57 Å². The van der Waals surface area contributed by atoms with E-state index >= 15 is 0 Å². The Bertz CT molecular complexity index is 1450. The Kier molecular flexibility index (Phi) is 8.96. The van der Waals surface area contributed by atoms with E-state index in [1.165, 1.54) is 19.2 Å². The average molecular weight is 554 g/mol. The maximum atomic E-state index is 14.3. The first-order valence-electron chi connectivity index (χ1n) is 13.5. The highest BCUT2D eigenvalue weighted by molar-refractivity contribution is 6.26. The summed E-state index contributed by atoms with van der Waals surface area (Å²) in [5.74, 6) is 0.799. The Morgan fingerprint density at radius 2 is 2.00 bits per heavy atom. The molecule has 3 aromatic rings. The summed E-state index contributed by atoms with van der Waals surface area (Å²) in [5.41, 5.74) is 4.23. The molecule has 4 rings (SSSR count). The van der Waals surface area contributed by atoms with Crippen LogP contribution in [0.5, 0.6) is 0 Å². The molecule has 0 saturated carbocycles. The third kappa shape index (κ3) is 6.72. The lowest BCUT2D eigenvalue weighted by Gasteiger charge is -2.29. The minimum Gasteiger partial charge on any atom is -0.513 e. The zero-order chi connectivity index (χ0) is 29.0. The first-order valence-corrected chi connectivity index (χ1v) is 13.5. The van der Waals surface area contributed by atoms with Gasteiger partial charge in [0.2, 0.25) is 0 Å². The fourth-order valence-corrected chi connectivity index (χ4v) is 5.69. The number of imidazole rings is 1. The number of aliphatic imine (C=N–C) groups is 1. The van der Waals surface area contributed by atoms with Crippen LogP contribution < -0.4 is 0 Å². The largest absolute Gasteiger partial charge is 0.513 e. The van der Waals surface area contributed by atoms with E-state index in [9.17, 15) is 22.7 Å². The molecule has 0 radical (unpaired) electrons. The number of halogens is 4. The highest BCUT2D eigenvalue weighted by Gasteiger charge is 2.39. The van der Waals surface area contributed by atoms with E-state index in [2.05, 4.69) is 22.6 Å². The second-order valence-corrected chi connectivity index (χ2v) is 10.5. The van der Waals surface area contributed by atoms with Gasteiger partial charge in [-0.1, -0.05) is 30.9 Å². The molecule has 0 aliphatic heterocycles. The number of allylic oxidation sites excluding steroid dienone is 3. The number of aliphatic hydroxyl groups excluding tert-OH is 1. The Morgan fingerprint density at radius 1 is 1.23 bits per heavy atom. The molecule has 40 heavy (non-hydrogen) atoms. The lowest BCUT2D eigenvalue weighted by atomic mass is 9.76. The van der Waals surface area contributed by atoms with Gasteiger partial charge in [0.15, 0.2) is 0 Å². The number of rotatable bonds is 9. The number of hydrogen-bond acceptors (Lipinski definition) is 3. The van der Waals surface area contributed by atoms with Gasteiger partial charge < -0.3 is 9.67 Å². The SMILES string of the molecule is C=C(O)CCc1cc(CC2CCc3c(cc(Cn4ccnc4C)cc3/C(=C/C)C(=NC)C(F)(F)F)C2)ccc1F. The van der Waals surface area contributed by atoms with E-state index in [-0.39, 0.29) is 23.1 Å². The maximum absolute atomic E-state index is 14.3. The molecule has 0 fully saturated rings. The molecular formula is C32H35F4N3O. The van der Waals surface area contributed by atoms with Gasteiger partial charge in [-0.25, -0.2) is 9.37 Å². The minimum atomic E-state index is -4.57. The molecule has 2 aromatic carbocycles. The van der Waals surface area contributed by atoms with Crippen molar-refractivity contribution in [1.82, 2.24) is 9.55 Å². The van der Waals surface area contributed by atoms with Crippen LogP contribution in [0, 0.1) is 18.7 Å². The molecule has 4 nitrogen and oxygen atoms in total. The van der Waals surface area contributed by atoms with Crippen LogP contribution >= 0.6 is 0 Å². The molecule has 1 aliphatic carbocycles. The summed E-state index contributed by atoms with van der Waals surface area (Å²) in [6.07, 6.45) is 4.07. The quantitative estimate of drug-likeness (QED) is 0.167. The number of hydrogen-bond donors (Lipinski definition) is 1. The van der Waals surface area contributed by atoms with E-state index in [0.717, 1.165) is 40.9 Å². The van der Waals surface area contributed by atoms with Gasteiger partial charge >= 0.3 is 6.18 Å². The van der Waals surface area contributed by atoms with Gasteiger partial charge in [-0.05, 0) is 97.4 Å². The molecule has 0 saturated heterocycles.